The zero-order valence-corrected chi connectivity index (χ0v) is 17.4. The summed E-state index contributed by atoms with van der Waals surface area (Å²) in [6.07, 6.45) is 6.10. The molecule has 3 heterocycles. The molecule has 2 amide bonds. The predicted molar refractivity (Wildman–Crippen MR) is 113 cm³/mol. The Balaban J connectivity index is 1.65. The number of amides is 2. The summed E-state index contributed by atoms with van der Waals surface area (Å²) >= 11 is 0. The minimum Gasteiger partial charge on any atom is -0.337 e. The number of hydrogen-bond acceptors (Lipinski definition) is 3. The van der Waals surface area contributed by atoms with Gasteiger partial charge >= 0.3 is 0 Å². The molecule has 1 N–H and O–H groups in total. The van der Waals surface area contributed by atoms with Gasteiger partial charge in [-0.1, -0.05) is 32.0 Å². The Morgan fingerprint density at radius 1 is 1.00 bits per heavy atom. The molecule has 6 nitrogen and oxygen atoms in total. The van der Waals surface area contributed by atoms with Gasteiger partial charge in [0.15, 0.2) is 5.82 Å². The number of carbonyl (C=O) groups is 2. The molecule has 1 aromatic heterocycles. The van der Waals surface area contributed by atoms with E-state index in [0.717, 1.165) is 68.7 Å². The molecule has 0 radical (unpaired) electrons. The molecule has 2 aliphatic heterocycles. The van der Waals surface area contributed by atoms with Crippen molar-refractivity contribution in [3.05, 3.63) is 47.0 Å². The molecule has 0 unspecified atom stereocenters. The Bertz CT molecular complexity index is 910. The smallest absolute Gasteiger partial charge is 0.291 e. The van der Waals surface area contributed by atoms with Gasteiger partial charge in [-0.2, -0.15) is 0 Å². The van der Waals surface area contributed by atoms with E-state index in [2.05, 4.69) is 24.1 Å². The molecule has 0 bridgehead atoms. The molecule has 4 rings (SSSR count). The monoisotopic (exact) mass is 394 g/mol. The van der Waals surface area contributed by atoms with E-state index in [9.17, 15) is 9.59 Å². The Hall–Kier alpha value is -2.63. The van der Waals surface area contributed by atoms with Gasteiger partial charge in [-0.3, -0.25) is 9.59 Å². The number of anilines is 1. The predicted octanol–water partition coefficient (Wildman–Crippen LogP) is 4.22. The Morgan fingerprint density at radius 2 is 1.72 bits per heavy atom. The van der Waals surface area contributed by atoms with Gasteiger partial charge in [-0.25, -0.2) is 4.98 Å². The van der Waals surface area contributed by atoms with Crippen LogP contribution in [0.1, 0.15) is 84.2 Å². The second-order valence-corrected chi connectivity index (χ2v) is 8.39. The summed E-state index contributed by atoms with van der Waals surface area (Å²) < 4.78 is 1.97. The minimum atomic E-state index is -0.237. The number of para-hydroxylation sites is 1. The molecule has 1 saturated heterocycles. The lowest BCUT2D eigenvalue weighted by molar-refractivity contribution is 0.0717. The number of aromatic nitrogens is 2. The molecular formula is C23H30N4O2. The van der Waals surface area contributed by atoms with E-state index < -0.39 is 0 Å². The van der Waals surface area contributed by atoms with Crippen LogP contribution in [0.5, 0.6) is 0 Å². The van der Waals surface area contributed by atoms with Crippen LogP contribution in [0, 0.1) is 0 Å². The number of benzene rings is 1. The van der Waals surface area contributed by atoms with Gasteiger partial charge in [0, 0.05) is 25.3 Å². The molecule has 0 atom stereocenters. The lowest BCUT2D eigenvalue weighted by atomic mass is 10.0. The van der Waals surface area contributed by atoms with Crippen LogP contribution in [0.2, 0.25) is 0 Å². The third-order valence-corrected chi connectivity index (χ3v) is 6.00. The number of imidazole rings is 1. The highest BCUT2D eigenvalue weighted by molar-refractivity contribution is 6.04. The van der Waals surface area contributed by atoms with Crippen molar-refractivity contribution in [3.63, 3.8) is 0 Å². The van der Waals surface area contributed by atoms with E-state index >= 15 is 0 Å². The van der Waals surface area contributed by atoms with Crippen molar-refractivity contribution in [3.8, 4) is 0 Å². The van der Waals surface area contributed by atoms with Gasteiger partial charge in [-0.05, 0) is 56.1 Å². The fourth-order valence-electron chi connectivity index (χ4n) is 4.43. The van der Waals surface area contributed by atoms with E-state index in [1.165, 1.54) is 6.42 Å². The molecule has 1 aromatic carbocycles. The molecule has 1 fully saturated rings. The van der Waals surface area contributed by atoms with Crippen LogP contribution in [-0.4, -0.2) is 39.4 Å². The lowest BCUT2D eigenvalue weighted by Crippen LogP contribution is -2.36. The maximum atomic E-state index is 13.2. The number of nitrogens with zero attached hydrogens (tertiary/aromatic N) is 3. The SMILES string of the molecule is CC(C)c1ccccc1NC(=O)c1nc(C(=O)N2CCCCC2)c2n1CCCC2. The molecule has 154 valence electrons. The second kappa shape index (κ2) is 8.39. The van der Waals surface area contributed by atoms with E-state index in [0.29, 0.717) is 17.4 Å². The largest absolute Gasteiger partial charge is 0.337 e. The van der Waals surface area contributed by atoms with Crippen molar-refractivity contribution in [2.24, 2.45) is 0 Å². The number of fused-ring (bicyclic) bond motifs is 1. The van der Waals surface area contributed by atoms with Crippen LogP contribution in [0.3, 0.4) is 0 Å². The van der Waals surface area contributed by atoms with Crippen LogP contribution in [-0.2, 0) is 13.0 Å². The van der Waals surface area contributed by atoms with E-state index in [1.807, 2.05) is 33.7 Å². The molecule has 0 saturated carbocycles. The van der Waals surface area contributed by atoms with Gasteiger partial charge in [0.25, 0.3) is 11.8 Å². The van der Waals surface area contributed by atoms with Gasteiger partial charge in [0.2, 0.25) is 0 Å². The van der Waals surface area contributed by atoms with E-state index in [4.69, 9.17) is 0 Å². The fourth-order valence-corrected chi connectivity index (χ4v) is 4.43. The Kier molecular flexibility index (Phi) is 5.69. The molecule has 0 spiro atoms. The third kappa shape index (κ3) is 3.93. The third-order valence-electron chi connectivity index (χ3n) is 6.00. The molecule has 0 aliphatic carbocycles. The van der Waals surface area contributed by atoms with Gasteiger partial charge in [0.1, 0.15) is 5.69 Å². The highest BCUT2D eigenvalue weighted by Crippen LogP contribution is 2.26. The summed E-state index contributed by atoms with van der Waals surface area (Å²) in [5.41, 5.74) is 3.31. The van der Waals surface area contributed by atoms with Crippen LogP contribution in [0.15, 0.2) is 24.3 Å². The first-order valence-corrected chi connectivity index (χ1v) is 10.8. The zero-order valence-electron chi connectivity index (χ0n) is 17.4. The molecule has 2 aliphatic rings. The number of hydrogen-bond donors (Lipinski definition) is 1. The van der Waals surface area contributed by atoms with Crippen LogP contribution in [0.4, 0.5) is 5.69 Å². The summed E-state index contributed by atoms with van der Waals surface area (Å²) in [6, 6.07) is 7.87. The van der Waals surface area contributed by atoms with Crippen molar-refractivity contribution >= 4 is 17.5 Å². The summed E-state index contributed by atoms with van der Waals surface area (Å²) in [6.45, 7) is 6.53. The van der Waals surface area contributed by atoms with Crippen LogP contribution in [0.25, 0.3) is 0 Å². The number of rotatable bonds is 4. The topological polar surface area (TPSA) is 67.2 Å². The molecule has 29 heavy (non-hydrogen) atoms. The summed E-state index contributed by atoms with van der Waals surface area (Å²) in [4.78, 5) is 32.8. The van der Waals surface area contributed by atoms with E-state index in [1.54, 1.807) is 0 Å². The minimum absolute atomic E-state index is 0.0167. The van der Waals surface area contributed by atoms with Crippen LogP contribution >= 0.6 is 0 Å². The second-order valence-electron chi connectivity index (χ2n) is 8.39. The van der Waals surface area contributed by atoms with Crippen LogP contribution < -0.4 is 5.32 Å². The van der Waals surface area contributed by atoms with Crippen molar-refractivity contribution in [1.29, 1.82) is 0 Å². The first-order valence-electron chi connectivity index (χ1n) is 10.8. The van der Waals surface area contributed by atoms with E-state index in [-0.39, 0.29) is 11.8 Å². The first kappa shape index (κ1) is 19.7. The van der Waals surface area contributed by atoms with Crippen molar-refractivity contribution in [2.45, 2.75) is 64.8 Å². The summed E-state index contributed by atoms with van der Waals surface area (Å²) in [5.74, 6) is 0.409. The zero-order chi connectivity index (χ0) is 20.4. The lowest BCUT2D eigenvalue weighted by Gasteiger charge is -2.26. The average Bonchev–Trinajstić information content (AvgIpc) is 3.14. The maximum Gasteiger partial charge on any atom is 0.291 e. The first-order chi connectivity index (χ1) is 14.1. The Morgan fingerprint density at radius 3 is 2.48 bits per heavy atom. The molecule has 6 heteroatoms. The van der Waals surface area contributed by atoms with Crippen molar-refractivity contribution in [1.82, 2.24) is 14.5 Å². The quantitative estimate of drug-likeness (QED) is 0.844. The van der Waals surface area contributed by atoms with Gasteiger partial charge in [0.05, 0.1) is 5.69 Å². The summed E-state index contributed by atoms with van der Waals surface area (Å²) in [5, 5.41) is 3.04. The standard InChI is InChI=1S/C23H30N4O2/c1-16(2)17-10-4-5-11-18(17)24-22(28)21-25-20(19-12-6-9-15-27(19)21)23(29)26-13-7-3-8-14-26/h4-5,10-11,16H,3,6-9,12-15H2,1-2H3,(H,24,28). The fraction of sp³-hybridized carbons (Fsp3) is 0.522. The highest BCUT2D eigenvalue weighted by Gasteiger charge is 2.30. The van der Waals surface area contributed by atoms with Crippen molar-refractivity contribution < 1.29 is 9.59 Å². The van der Waals surface area contributed by atoms with Gasteiger partial charge in [-0.15, -0.1) is 0 Å². The van der Waals surface area contributed by atoms with Crippen molar-refractivity contribution in [2.75, 3.05) is 18.4 Å². The molecule has 2 aromatic rings. The highest BCUT2D eigenvalue weighted by atomic mass is 16.2. The number of carbonyl (C=O) groups excluding carboxylic acids is 2. The normalized spacial score (nSPS) is 16.6. The Labute approximate surface area is 172 Å². The maximum absolute atomic E-state index is 13.2. The summed E-state index contributed by atoms with van der Waals surface area (Å²) in [7, 11) is 0. The number of nitrogens with one attached hydrogen (secondary N) is 1. The average molecular weight is 395 g/mol. The van der Waals surface area contributed by atoms with Gasteiger partial charge < -0.3 is 14.8 Å². The number of piperidine rings is 1. The molecular weight excluding hydrogens is 364 g/mol. The number of likely N-dealkylation sites (tertiary alicyclic amines) is 1.